The number of carbonyl (C=O) groups excluding carboxylic acids is 1. The van der Waals surface area contributed by atoms with Crippen molar-refractivity contribution < 1.29 is 9.90 Å². The number of aliphatic hydroxyl groups is 1. The molecular weight excluding hydrogens is 266 g/mol. The largest absolute Gasteiger partial charge is 0.396 e. The van der Waals surface area contributed by atoms with E-state index in [2.05, 4.69) is 5.32 Å². The van der Waals surface area contributed by atoms with Gasteiger partial charge in [-0.25, -0.2) is 0 Å². The highest BCUT2D eigenvalue weighted by molar-refractivity contribution is 7.27. The van der Waals surface area contributed by atoms with Crippen LogP contribution in [0, 0.1) is 0 Å². The van der Waals surface area contributed by atoms with Crippen molar-refractivity contribution >= 4 is 38.0 Å². The van der Waals surface area contributed by atoms with Gasteiger partial charge in [0.25, 0.3) is 5.91 Å². The molecule has 2 heterocycles. The zero-order valence-corrected chi connectivity index (χ0v) is 12.2. The van der Waals surface area contributed by atoms with Gasteiger partial charge in [0, 0.05) is 21.5 Å². The van der Waals surface area contributed by atoms with E-state index in [0.29, 0.717) is 6.42 Å². The molecular formula is C13H17NO2S2. The van der Waals surface area contributed by atoms with Crippen molar-refractivity contribution in [1.82, 2.24) is 5.32 Å². The molecule has 3 nitrogen and oxygen atoms in total. The van der Waals surface area contributed by atoms with E-state index in [9.17, 15) is 4.79 Å². The van der Waals surface area contributed by atoms with E-state index in [4.69, 9.17) is 5.11 Å². The molecule has 0 aromatic carbocycles. The lowest BCUT2D eigenvalue weighted by Gasteiger charge is -2.28. The standard InChI is InChI=1S/C13H17NO2S2/c1-3-13(2,5-6-15)14-12(16)11-8-10-9(18-11)4-7-17-10/h4,7-8,15H,3,5-6H2,1-2H3,(H,14,16). The maximum atomic E-state index is 12.2. The number of carbonyl (C=O) groups is 1. The van der Waals surface area contributed by atoms with Crippen LogP contribution in [0.5, 0.6) is 0 Å². The van der Waals surface area contributed by atoms with Crippen molar-refractivity contribution in [3.63, 3.8) is 0 Å². The minimum Gasteiger partial charge on any atom is -0.396 e. The number of thiophene rings is 2. The van der Waals surface area contributed by atoms with Crippen LogP contribution in [-0.2, 0) is 0 Å². The maximum absolute atomic E-state index is 12.2. The summed E-state index contributed by atoms with van der Waals surface area (Å²) >= 11 is 3.17. The highest BCUT2D eigenvalue weighted by Crippen LogP contribution is 2.30. The fourth-order valence-corrected chi connectivity index (χ4v) is 3.79. The summed E-state index contributed by atoms with van der Waals surface area (Å²) in [5, 5.41) is 14.1. The number of hydrogen-bond acceptors (Lipinski definition) is 4. The maximum Gasteiger partial charge on any atom is 0.261 e. The predicted molar refractivity (Wildman–Crippen MR) is 77.6 cm³/mol. The number of nitrogens with one attached hydrogen (secondary N) is 1. The second-order valence-electron chi connectivity index (χ2n) is 4.60. The highest BCUT2D eigenvalue weighted by Gasteiger charge is 2.25. The lowest BCUT2D eigenvalue weighted by molar-refractivity contribution is 0.0890. The second kappa shape index (κ2) is 5.38. The van der Waals surface area contributed by atoms with E-state index in [1.807, 2.05) is 31.4 Å². The third-order valence-electron chi connectivity index (χ3n) is 3.22. The molecule has 2 aromatic rings. The Morgan fingerprint density at radius 2 is 2.28 bits per heavy atom. The van der Waals surface area contributed by atoms with Crippen LogP contribution < -0.4 is 5.32 Å². The molecule has 1 unspecified atom stereocenters. The zero-order chi connectivity index (χ0) is 13.2. The van der Waals surface area contributed by atoms with Crippen molar-refractivity contribution in [2.45, 2.75) is 32.2 Å². The average molecular weight is 283 g/mol. The Bertz CT molecular complexity index is 517. The molecule has 0 spiro atoms. The number of hydrogen-bond donors (Lipinski definition) is 2. The molecule has 0 bridgehead atoms. The first-order valence-corrected chi connectivity index (χ1v) is 7.68. The zero-order valence-electron chi connectivity index (χ0n) is 10.5. The molecule has 18 heavy (non-hydrogen) atoms. The molecule has 0 aliphatic rings. The van der Waals surface area contributed by atoms with Crippen LogP contribution in [0.25, 0.3) is 9.40 Å². The molecule has 2 rings (SSSR count). The fraction of sp³-hybridized carbons (Fsp3) is 0.462. The average Bonchev–Trinajstić information content (AvgIpc) is 2.89. The van der Waals surface area contributed by atoms with Gasteiger partial charge < -0.3 is 10.4 Å². The fourth-order valence-electron chi connectivity index (χ4n) is 1.79. The molecule has 5 heteroatoms. The van der Waals surface area contributed by atoms with Crippen LogP contribution in [0.15, 0.2) is 17.5 Å². The Hall–Kier alpha value is -0.910. The summed E-state index contributed by atoms with van der Waals surface area (Å²) < 4.78 is 2.32. The smallest absolute Gasteiger partial charge is 0.261 e. The van der Waals surface area contributed by atoms with E-state index in [-0.39, 0.29) is 18.1 Å². The first-order chi connectivity index (χ1) is 8.58. The Labute approximate surface area is 114 Å². The molecule has 0 aliphatic carbocycles. The Morgan fingerprint density at radius 3 is 2.89 bits per heavy atom. The first kappa shape index (κ1) is 13.5. The van der Waals surface area contributed by atoms with Gasteiger partial charge in [-0.15, -0.1) is 22.7 Å². The van der Waals surface area contributed by atoms with Gasteiger partial charge >= 0.3 is 0 Å². The van der Waals surface area contributed by atoms with Crippen LogP contribution in [0.4, 0.5) is 0 Å². The number of rotatable bonds is 5. The summed E-state index contributed by atoms with van der Waals surface area (Å²) in [5.41, 5.74) is -0.330. The van der Waals surface area contributed by atoms with Crippen molar-refractivity contribution in [3.8, 4) is 0 Å². The van der Waals surface area contributed by atoms with Gasteiger partial charge in [-0.2, -0.15) is 0 Å². The summed E-state index contributed by atoms with van der Waals surface area (Å²) in [4.78, 5) is 12.9. The number of aliphatic hydroxyl groups excluding tert-OH is 1. The third kappa shape index (κ3) is 2.74. The second-order valence-corrected chi connectivity index (χ2v) is 6.63. The van der Waals surface area contributed by atoms with E-state index in [1.54, 1.807) is 11.3 Å². The van der Waals surface area contributed by atoms with Crippen LogP contribution in [-0.4, -0.2) is 23.2 Å². The molecule has 0 saturated heterocycles. The molecule has 2 aromatic heterocycles. The van der Waals surface area contributed by atoms with Crippen LogP contribution in [0.1, 0.15) is 36.4 Å². The van der Waals surface area contributed by atoms with Crippen LogP contribution in [0.3, 0.4) is 0 Å². The summed E-state index contributed by atoms with van der Waals surface area (Å²) in [6, 6.07) is 3.98. The van der Waals surface area contributed by atoms with Crippen molar-refractivity contribution in [3.05, 3.63) is 22.4 Å². The molecule has 1 amide bonds. The lowest BCUT2D eigenvalue weighted by Crippen LogP contribution is -2.45. The predicted octanol–water partition coefficient (Wildman–Crippen LogP) is 3.24. The van der Waals surface area contributed by atoms with Crippen molar-refractivity contribution in [2.24, 2.45) is 0 Å². The van der Waals surface area contributed by atoms with Crippen molar-refractivity contribution in [2.75, 3.05) is 6.61 Å². The minimum absolute atomic E-state index is 0.0406. The molecule has 0 fully saturated rings. The van der Waals surface area contributed by atoms with E-state index in [1.165, 1.54) is 11.3 Å². The normalized spacial score (nSPS) is 14.6. The summed E-state index contributed by atoms with van der Waals surface area (Å²) in [5.74, 6) is -0.0406. The lowest BCUT2D eigenvalue weighted by atomic mass is 9.95. The van der Waals surface area contributed by atoms with Crippen LogP contribution >= 0.6 is 22.7 Å². The molecule has 2 N–H and O–H groups in total. The Morgan fingerprint density at radius 1 is 1.50 bits per heavy atom. The minimum atomic E-state index is -0.330. The van der Waals surface area contributed by atoms with E-state index >= 15 is 0 Å². The Balaban J connectivity index is 2.14. The number of amides is 1. The van der Waals surface area contributed by atoms with Gasteiger partial charge in [-0.1, -0.05) is 6.92 Å². The molecule has 98 valence electrons. The van der Waals surface area contributed by atoms with E-state index in [0.717, 1.165) is 20.7 Å². The molecule has 1 atom stereocenters. The number of fused-ring (bicyclic) bond motifs is 1. The topological polar surface area (TPSA) is 49.3 Å². The molecule has 0 saturated carbocycles. The van der Waals surface area contributed by atoms with E-state index < -0.39 is 0 Å². The summed E-state index contributed by atoms with van der Waals surface area (Å²) in [6.45, 7) is 4.07. The quantitative estimate of drug-likeness (QED) is 0.885. The van der Waals surface area contributed by atoms with Gasteiger partial charge in [-0.05, 0) is 37.3 Å². The van der Waals surface area contributed by atoms with Gasteiger partial charge in [0.2, 0.25) is 0 Å². The SMILES string of the molecule is CCC(C)(CCO)NC(=O)c1cc2sccc2s1. The van der Waals surface area contributed by atoms with Crippen molar-refractivity contribution in [1.29, 1.82) is 0 Å². The van der Waals surface area contributed by atoms with Gasteiger partial charge in [0.1, 0.15) is 0 Å². The van der Waals surface area contributed by atoms with Gasteiger partial charge in [0.05, 0.1) is 4.88 Å². The molecule has 0 radical (unpaired) electrons. The summed E-state index contributed by atoms with van der Waals surface area (Å²) in [6.07, 6.45) is 1.38. The molecule has 0 aliphatic heterocycles. The van der Waals surface area contributed by atoms with Crippen LogP contribution in [0.2, 0.25) is 0 Å². The van der Waals surface area contributed by atoms with Gasteiger partial charge in [-0.3, -0.25) is 4.79 Å². The Kier molecular flexibility index (Phi) is 4.04. The third-order valence-corrected chi connectivity index (χ3v) is 5.31. The summed E-state index contributed by atoms with van der Waals surface area (Å²) in [7, 11) is 0. The monoisotopic (exact) mass is 283 g/mol. The van der Waals surface area contributed by atoms with Gasteiger partial charge in [0.15, 0.2) is 0 Å². The highest BCUT2D eigenvalue weighted by atomic mass is 32.1. The first-order valence-electron chi connectivity index (χ1n) is 5.98.